The molecule has 1 amide bonds. The molecular formula is C22H23FN4O. The minimum atomic E-state index is -0.355. The Labute approximate surface area is 163 Å². The lowest BCUT2D eigenvalue weighted by molar-refractivity contribution is 0.0793. The van der Waals surface area contributed by atoms with Gasteiger partial charge in [-0.05, 0) is 55.3 Å². The van der Waals surface area contributed by atoms with E-state index in [2.05, 4.69) is 10.3 Å². The molecule has 1 N–H and O–H groups in total. The SMILES string of the molecule is CN(C)c1ccc(Nc2c(C(=O)N3CCCC3)cnc3ccc(F)cc23)cc1. The van der Waals surface area contributed by atoms with Crippen molar-refractivity contribution in [3.05, 3.63) is 60.0 Å². The summed E-state index contributed by atoms with van der Waals surface area (Å²) in [7, 11) is 3.96. The van der Waals surface area contributed by atoms with E-state index in [-0.39, 0.29) is 11.7 Å². The third-order valence-corrected chi connectivity index (χ3v) is 5.11. The smallest absolute Gasteiger partial charge is 0.257 e. The molecule has 28 heavy (non-hydrogen) atoms. The second kappa shape index (κ2) is 7.46. The van der Waals surface area contributed by atoms with Crippen molar-refractivity contribution in [3.63, 3.8) is 0 Å². The number of likely N-dealkylation sites (tertiary alicyclic amines) is 1. The van der Waals surface area contributed by atoms with Crippen LogP contribution in [0.5, 0.6) is 0 Å². The van der Waals surface area contributed by atoms with Crippen LogP contribution < -0.4 is 10.2 Å². The second-order valence-corrected chi connectivity index (χ2v) is 7.27. The lowest BCUT2D eigenvalue weighted by Crippen LogP contribution is -2.28. The monoisotopic (exact) mass is 378 g/mol. The van der Waals surface area contributed by atoms with Gasteiger partial charge in [-0.25, -0.2) is 4.39 Å². The normalized spacial score (nSPS) is 13.8. The molecule has 0 radical (unpaired) electrons. The van der Waals surface area contributed by atoms with Gasteiger partial charge in [-0.3, -0.25) is 9.78 Å². The lowest BCUT2D eigenvalue weighted by atomic mass is 10.1. The van der Waals surface area contributed by atoms with Crippen LogP contribution in [0, 0.1) is 5.82 Å². The fraction of sp³-hybridized carbons (Fsp3) is 0.273. The summed E-state index contributed by atoms with van der Waals surface area (Å²) < 4.78 is 14.0. The molecule has 1 aliphatic rings. The van der Waals surface area contributed by atoms with Gasteiger partial charge in [-0.15, -0.1) is 0 Å². The Hall–Kier alpha value is -3.15. The van der Waals surface area contributed by atoms with Crippen molar-refractivity contribution in [2.45, 2.75) is 12.8 Å². The number of hydrogen-bond donors (Lipinski definition) is 1. The highest BCUT2D eigenvalue weighted by atomic mass is 19.1. The van der Waals surface area contributed by atoms with E-state index in [9.17, 15) is 9.18 Å². The third kappa shape index (κ3) is 3.50. The Bertz CT molecular complexity index is 1010. The molecule has 6 heteroatoms. The Balaban J connectivity index is 1.79. The molecule has 5 nitrogen and oxygen atoms in total. The summed E-state index contributed by atoms with van der Waals surface area (Å²) >= 11 is 0. The number of nitrogens with one attached hydrogen (secondary N) is 1. The average molecular weight is 378 g/mol. The van der Waals surface area contributed by atoms with E-state index in [0.717, 1.165) is 37.3 Å². The summed E-state index contributed by atoms with van der Waals surface area (Å²) in [5.41, 5.74) is 3.62. The Morgan fingerprint density at radius 1 is 1.11 bits per heavy atom. The van der Waals surface area contributed by atoms with Crippen molar-refractivity contribution in [2.24, 2.45) is 0 Å². The number of anilines is 3. The molecular weight excluding hydrogens is 355 g/mol. The van der Waals surface area contributed by atoms with Crippen LogP contribution >= 0.6 is 0 Å². The Kier molecular flexibility index (Phi) is 4.86. The highest BCUT2D eigenvalue weighted by Gasteiger charge is 2.24. The van der Waals surface area contributed by atoms with E-state index in [1.54, 1.807) is 12.3 Å². The number of carbonyl (C=O) groups is 1. The maximum Gasteiger partial charge on any atom is 0.257 e. The highest BCUT2D eigenvalue weighted by molar-refractivity contribution is 6.08. The molecule has 0 saturated carbocycles. The first-order valence-electron chi connectivity index (χ1n) is 9.45. The van der Waals surface area contributed by atoms with Crippen molar-refractivity contribution in [3.8, 4) is 0 Å². The van der Waals surface area contributed by atoms with E-state index in [1.807, 2.05) is 48.2 Å². The van der Waals surface area contributed by atoms with Crippen LogP contribution in [0.2, 0.25) is 0 Å². The van der Waals surface area contributed by atoms with Crippen LogP contribution in [0.1, 0.15) is 23.2 Å². The maximum atomic E-state index is 14.0. The number of rotatable bonds is 4. The topological polar surface area (TPSA) is 48.5 Å². The van der Waals surface area contributed by atoms with Gasteiger partial charge in [-0.1, -0.05) is 0 Å². The molecule has 2 heterocycles. The first-order valence-corrected chi connectivity index (χ1v) is 9.45. The Morgan fingerprint density at radius 2 is 1.82 bits per heavy atom. The molecule has 2 aromatic carbocycles. The molecule has 1 saturated heterocycles. The lowest BCUT2D eigenvalue weighted by Gasteiger charge is -2.20. The van der Waals surface area contributed by atoms with Gasteiger partial charge in [0, 0.05) is 50.1 Å². The fourth-order valence-corrected chi connectivity index (χ4v) is 3.54. The van der Waals surface area contributed by atoms with Gasteiger partial charge in [0.05, 0.1) is 16.8 Å². The number of hydrogen-bond acceptors (Lipinski definition) is 4. The number of halogens is 1. The fourth-order valence-electron chi connectivity index (χ4n) is 3.54. The predicted molar refractivity (Wildman–Crippen MR) is 111 cm³/mol. The molecule has 0 unspecified atom stereocenters. The highest BCUT2D eigenvalue weighted by Crippen LogP contribution is 2.31. The van der Waals surface area contributed by atoms with Gasteiger partial charge in [-0.2, -0.15) is 0 Å². The van der Waals surface area contributed by atoms with Gasteiger partial charge in [0.2, 0.25) is 0 Å². The minimum Gasteiger partial charge on any atom is -0.378 e. The van der Waals surface area contributed by atoms with Crippen molar-refractivity contribution in [1.29, 1.82) is 0 Å². The third-order valence-electron chi connectivity index (χ3n) is 5.11. The second-order valence-electron chi connectivity index (χ2n) is 7.27. The zero-order valence-electron chi connectivity index (χ0n) is 16.1. The standard InChI is InChI=1S/C22H23FN4O/c1-26(2)17-8-6-16(7-9-17)25-21-18-13-15(23)5-10-20(18)24-14-19(21)22(28)27-11-3-4-12-27/h5-10,13-14H,3-4,11-12H2,1-2H3,(H,24,25). The number of nitrogens with zero attached hydrogens (tertiary/aromatic N) is 3. The molecule has 1 fully saturated rings. The van der Waals surface area contributed by atoms with E-state index < -0.39 is 0 Å². The number of carbonyl (C=O) groups excluding carboxylic acids is 1. The summed E-state index contributed by atoms with van der Waals surface area (Å²) in [6.07, 6.45) is 3.61. The predicted octanol–water partition coefficient (Wildman–Crippen LogP) is 4.42. The van der Waals surface area contributed by atoms with Gasteiger partial charge in [0.15, 0.2) is 0 Å². The molecule has 0 atom stereocenters. The van der Waals surface area contributed by atoms with Gasteiger partial charge in [0.1, 0.15) is 5.82 Å². The summed E-state index contributed by atoms with van der Waals surface area (Å²) in [4.78, 5) is 21.3. The quantitative estimate of drug-likeness (QED) is 0.730. The van der Waals surface area contributed by atoms with Gasteiger partial charge >= 0.3 is 0 Å². The van der Waals surface area contributed by atoms with Crippen LogP contribution in [-0.2, 0) is 0 Å². The average Bonchev–Trinajstić information content (AvgIpc) is 3.23. The van der Waals surface area contributed by atoms with Crippen molar-refractivity contribution < 1.29 is 9.18 Å². The Morgan fingerprint density at radius 3 is 2.50 bits per heavy atom. The maximum absolute atomic E-state index is 14.0. The van der Waals surface area contributed by atoms with Crippen LogP contribution in [0.25, 0.3) is 10.9 Å². The summed E-state index contributed by atoms with van der Waals surface area (Å²) in [6.45, 7) is 1.49. The van der Waals surface area contributed by atoms with E-state index in [0.29, 0.717) is 22.2 Å². The molecule has 1 aliphatic heterocycles. The zero-order chi connectivity index (χ0) is 19.7. The number of amides is 1. The summed E-state index contributed by atoms with van der Waals surface area (Å²) in [5, 5.41) is 3.94. The molecule has 0 bridgehead atoms. The van der Waals surface area contributed by atoms with E-state index in [1.165, 1.54) is 12.1 Å². The summed E-state index contributed by atoms with van der Waals surface area (Å²) in [5.74, 6) is -0.422. The van der Waals surface area contributed by atoms with Crippen LogP contribution in [0.3, 0.4) is 0 Å². The van der Waals surface area contributed by atoms with Crippen molar-refractivity contribution in [2.75, 3.05) is 37.4 Å². The van der Waals surface area contributed by atoms with Crippen LogP contribution in [0.4, 0.5) is 21.5 Å². The number of fused-ring (bicyclic) bond motifs is 1. The van der Waals surface area contributed by atoms with Gasteiger partial charge in [0.25, 0.3) is 5.91 Å². The van der Waals surface area contributed by atoms with Crippen LogP contribution in [-0.4, -0.2) is 43.0 Å². The molecule has 1 aromatic heterocycles. The molecule has 0 aliphatic carbocycles. The minimum absolute atomic E-state index is 0.0661. The van der Waals surface area contributed by atoms with E-state index >= 15 is 0 Å². The number of benzene rings is 2. The largest absolute Gasteiger partial charge is 0.378 e. The number of aromatic nitrogens is 1. The summed E-state index contributed by atoms with van der Waals surface area (Å²) in [6, 6.07) is 12.3. The zero-order valence-corrected chi connectivity index (χ0v) is 16.1. The molecule has 144 valence electrons. The molecule has 4 rings (SSSR count). The van der Waals surface area contributed by atoms with E-state index in [4.69, 9.17) is 0 Å². The molecule has 0 spiro atoms. The van der Waals surface area contributed by atoms with Crippen molar-refractivity contribution in [1.82, 2.24) is 9.88 Å². The first kappa shape index (κ1) is 18.2. The number of pyridine rings is 1. The van der Waals surface area contributed by atoms with Crippen LogP contribution in [0.15, 0.2) is 48.7 Å². The van der Waals surface area contributed by atoms with Gasteiger partial charge < -0.3 is 15.1 Å². The molecule has 3 aromatic rings. The first-order chi connectivity index (χ1) is 13.5. The van der Waals surface area contributed by atoms with Crippen molar-refractivity contribution >= 4 is 33.9 Å².